The number of phenols is 2. The number of phenolic OH excluding ortho intramolecular Hbond substituents is 2. The first-order valence-corrected chi connectivity index (χ1v) is 5.74. The standard InChI is InChI=1S/C14H16O5/c1-9(3-6-14(18)19-2)7-13(17)11-8-10(15)4-5-12(11)16/h4-5,7-8,15-16H,3,6H2,1-2H3/b9-7-. The average molecular weight is 264 g/mol. The van der Waals surface area contributed by atoms with Crippen molar-refractivity contribution in [2.24, 2.45) is 0 Å². The molecule has 1 rings (SSSR count). The third kappa shape index (κ3) is 4.46. The van der Waals surface area contributed by atoms with E-state index in [-0.39, 0.29) is 29.5 Å². The Labute approximate surface area is 111 Å². The monoisotopic (exact) mass is 264 g/mol. The van der Waals surface area contributed by atoms with Gasteiger partial charge in [-0.05, 0) is 37.6 Å². The molecule has 0 saturated carbocycles. The Hall–Kier alpha value is -2.30. The van der Waals surface area contributed by atoms with Crippen LogP contribution in [0.15, 0.2) is 29.8 Å². The van der Waals surface area contributed by atoms with E-state index < -0.39 is 5.78 Å². The molecule has 102 valence electrons. The van der Waals surface area contributed by atoms with Crippen LogP contribution in [0, 0.1) is 0 Å². The van der Waals surface area contributed by atoms with Crippen LogP contribution in [0.3, 0.4) is 0 Å². The molecule has 0 aliphatic carbocycles. The minimum atomic E-state index is -0.421. The zero-order valence-electron chi connectivity index (χ0n) is 10.8. The molecule has 19 heavy (non-hydrogen) atoms. The van der Waals surface area contributed by atoms with Crippen LogP contribution < -0.4 is 0 Å². The zero-order chi connectivity index (χ0) is 14.4. The van der Waals surface area contributed by atoms with Crippen LogP contribution >= 0.6 is 0 Å². The van der Waals surface area contributed by atoms with Gasteiger partial charge in [0.25, 0.3) is 0 Å². The molecule has 0 radical (unpaired) electrons. The largest absolute Gasteiger partial charge is 0.508 e. The van der Waals surface area contributed by atoms with E-state index in [1.54, 1.807) is 6.92 Å². The second-order valence-corrected chi connectivity index (χ2v) is 4.13. The number of methoxy groups -OCH3 is 1. The van der Waals surface area contributed by atoms with Gasteiger partial charge in [-0.3, -0.25) is 9.59 Å². The molecule has 0 saturated heterocycles. The summed E-state index contributed by atoms with van der Waals surface area (Å²) in [5.41, 5.74) is 0.718. The Morgan fingerprint density at radius 3 is 2.58 bits per heavy atom. The van der Waals surface area contributed by atoms with Gasteiger partial charge in [-0.15, -0.1) is 0 Å². The van der Waals surface area contributed by atoms with E-state index in [0.29, 0.717) is 12.0 Å². The first kappa shape index (κ1) is 14.8. The lowest BCUT2D eigenvalue weighted by Crippen LogP contribution is -2.01. The third-order valence-corrected chi connectivity index (χ3v) is 2.57. The van der Waals surface area contributed by atoms with Gasteiger partial charge in [0.05, 0.1) is 12.7 Å². The Morgan fingerprint density at radius 1 is 1.26 bits per heavy atom. The molecule has 0 spiro atoms. The summed E-state index contributed by atoms with van der Waals surface area (Å²) in [6, 6.07) is 3.74. The normalized spacial score (nSPS) is 11.2. The lowest BCUT2D eigenvalue weighted by Gasteiger charge is -2.03. The predicted octanol–water partition coefficient (Wildman–Crippen LogP) is 2.18. The highest BCUT2D eigenvalue weighted by atomic mass is 16.5. The molecule has 0 amide bonds. The fourth-order valence-electron chi connectivity index (χ4n) is 1.50. The summed E-state index contributed by atoms with van der Waals surface area (Å²) >= 11 is 0. The summed E-state index contributed by atoms with van der Waals surface area (Å²) in [6.07, 6.45) is 1.92. The van der Waals surface area contributed by atoms with Gasteiger partial charge in [0.15, 0.2) is 5.78 Å². The highest BCUT2D eigenvalue weighted by molar-refractivity contribution is 6.07. The Kier molecular flexibility index (Phi) is 5.11. The molecule has 0 atom stereocenters. The van der Waals surface area contributed by atoms with Crippen LogP contribution in [0.2, 0.25) is 0 Å². The van der Waals surface area contributed by atoms with Crippen molar-refractivity contribution >= 4 is 11.8 Å². The molecule has 0 unspecified atom stereocenters. The van der Waals surface area contributed by atoms with E-state index in [1.165, 1.54) is 31.4 Å². The molecule has 5 heteroatoms. The maximum absolute atomic E-state index is 11.9. The van der Waals surface area contributed by atoms with Crippen molar-refractivity contribution in [3.05, 3.63) is 35.4 Å². The number of hydrogen-bond donors (Lipinski definition) is 2. The van der Waals surface area contributed by atoms with E-state index in [2.05, 4.69) is 4.74 Å². The second-order valence-electron chi connectivity index (χ2n) is 4.13. The zero-order valence-corrected chi connectivity index (χ0v) is 10.8. The van der Waals surface area contributed by atoms with Crippen molar-refractivity contribution in [1.29, 1.82) is 0 Å². The van der Waals surface area contributed by atoms with Gasteiger partial charge >= 0.3 is 5.97 Å². The minimum Gasteiger partial charge on any atom is -0.508 e. The molecule has 0 aliphatic rings. The number of benzene rings is 1. The third-order valence-electron chi connectivity index (χ3n) is 2.57. The van der Waals surface area contributed by atoms with E-state index in [9.17, 15) is 19.8 Å². The van der Waals surface area contributed by atoms with Crippen LogP contribution in [-0.4, -0.2) is 29.1 Å². The Balaban J connectivity index is 2.77. The number of carbonyl (C=O) groups is 2. The summed E-state index contributed by atoms with van der Waals surface area (Å²) in [4.78, 5) is 22.8. The fourth-order valence-corrected chi connectivity index (χ4v) is 1.50. The van der Waals surface area contributed by atoms with Crippen LogP contribution in [0.1, 0.15) is 30.1 Å². The van der Waals surface area contributed by atoms with E-state index >= 15 is 0 Å². The average Bonchev–Trinajstić information content (AvgIpc) is 2.38. The Morgan fingerprint density at radius 2 is 1.95 bits per heavy atom. The van der Waals surface area contributed by atoms with E-state index in [4.69, 9.17) is 0 Å². The van der Waals surface area contributed by atoms with Crippen molar-refractivity contribution < 1.29 is 24.5 Å². The lowest BCUT2D eigenvalue weighted by atomic mass is 10.0. The molecular weight excluding hydrogens is 248 g/mol. The van der Waals surface area contributed by atoms with E-state index in [1.807, 2.05) is 0 Å². The highest BCUT2D eigenvalue weighted by Crippen LogP contribution is 2.23. The minimum absolute atomic E-state index is 0.0254. The van der Waals surface area contributed by atoms with Gasteiger partial charge in [0.1, 0.15) is 11.5 Å². The SMILES string of the molecule is COC(=O)CC/C(C)=C\C(=O)c1cc(O)ccc1O. The highest BCUT2D eigenvalue weighted by Gasteiger charge is 2.10. The predicted molar refractivity (Wildman–Crippen MR) is 69.1 cm³/mol. The number of hydrogen-bond acceptors (Lipinski definition) is 5. The number of carbonyl (C=O) groups excluding carboxylic acids is 2. The summed E-state index contributed by atoms with van der Waals surface area (Å²) in [5.74, 6) is -1.06. The number of allylic oxidation sites excluding steroid dienone is 2. The molecule has 0 aliphatic heterocycles. The van der Waals surface area contributed by atoms with Gasteiger partial charge in [-0.2, -0.15) is 0 Å². The molecule has 0 fully saturated rings. The van der Waals surface area contributed by atoms with Gasteiger partial charge < -0.3 is 14.9 Å². The van der Waals surface area contributed by atoms with Crippen molar-refractivity contribution in [2.75, 3.05) is 7.11 Å². The molecular formula is C14H16O5. The molecule has 0 bridgehead atoms. The lowest BCUT2D eigenvalue weighted by molar-refractivity contribution is -0.140. The maximum Gasteiger partial charge on any atom is 0.305 e. The second kappa shape index (κ2) is 6.58. The number of ketones is 1. The van der Waals surface area contributed by atoms with Crippen molar-refractivity contribution in [3.63, 3.8) is 0 Å². The van der Waals surface area contributed by atoms with E-state index in [0.717, 1.165) is 0 Å². The van der Waals surface area contributed by atoms with Crippen molar-refractivity contribution in [3.8, 4) is 11.5 Å². The number of aromatic hydroxyl groups is 2. The Bertz CT molecular complexity index is 517. The van der Waals surface area contributed by atoms with Crippen molar-refractivity contribution in [1.82, 2.24) is 0 Å². The first-order chi connectivity index (χ1) is 8.93. The molecule has 5 nitrogen and oxygen atoms in total. The van der Waals surface area contributed by atoms with Crippen LogP contribution in [0.5, 0.6) is 11.5 Å². The van der Waals surface area contributed by atoms with Crippen LogP contribution in [-0.2, 0) is 9.53 Å². The summed E-state index contributed by atoms with van der Waals surface area (Å²) in [7, 11) is 1.30. The first-order valence-electron chi connectivity index (χ1n) is 5.74. The van der Waals surface area contributed by atoms with Gasteiger partial charge in [0.2, 0.25) is 0 Å². The molecule has 0 aromatic heterocycles. The quantitative estimate of drug-likeness (QED) is 0.368. The van der Waals surface area contributed by atoms with Gasteiger partial charge in [-0.1, -0.05) is 5.57 Å². The van der Waals surface area contributed by atoms with Gasteiger partial charge in [-0.25, -0.2) is 0 Å². The fraction of sp³-hybridized carbons (Fsp3) is 0.286. The molecule has 1 aromatic carbocycles. The molecule has 1 aromatic rings. The number of esters is 1. The topological polar surface area (TPSA) is 83.8 Å². The van der Waals surface area contributed by atoms with Crippen LogP contribution in [0.4, 0.5) is 0 Å². The number of rotatable bonds is 5. The van der Waals surface area contributed by atoms with Crippen molar-refractivity contribution in [2.45, 2.75) is 19.8 Å². The number of ether oxygens (including phenoxy) is 1. The summed E-state index contributed by atoms with van der Waals surface area (Å²) in [5, 5.41) is 18.8. The van der Waals surface area contributed by atoms with Gasteiger partial charge in [0, 0.05) is 6.42 Å². The van der Waals surface area contributed by atoms with Crippen LogP contribution in [0.25, 0.3) is 0 Å². The molecule has 0 heterocycles. The molecule has 2 N–H and O–H groups in total. The summed E-state index contributed by atoms with van der Waals surface area (Å²) < 4.78 is 4.50. The smallest absolute Gasteiger partial charge is 0.305 e. The maximum atomic E-state index is 11.9. The summed E-state index contributed by atoms with van der Waals surface area (Å²) in [6.45, 7) is 1.71.